The fraction of sp³-hybridized carbons (Fsp3) is 0.480. The van der Waals surface area contributed by atoms with Crippen LogP contribution in [0.2, 0.25) is 0 Å². The van der Waals surface area contributed by atoms with Gasteiger partial charge in [-0.1, -0.05) is 58.0 Å². The van der Waals surface area contributed by atoms with Crippen LogP contribution in [-0.2, 0) is 32.0 Å². The van der Waals surface area contributed by atoms with Gasteiger partial charge in [-0.05, 0) is 17.4 Å². The minimum absolute atomic E-state index is 0.0412. The lowest BCUT2D eigenvalue weighted by atomic mass is 10.0. The van der Waals surface area contributed by atoms with Gasteiger partial charge in [-0.3, -0.25) is 14.4 Å². The number of carboxylic acids is 1. The molecule has 0 spiro atoms. The Morgan fingerprint density at radius 1 is 0.889 bits per heavy atom. The standard InChI is InChI=1S/C25H36N6O5/c1-14(2)20(26)24(34)30-18(10-16-8-6-5-7-9-16)22(32)29-19(11-17-12-27-13-28-17)23(33)31-21(15(3)4)25(35)36/h5-9,12-15,18-21H,10-11,26H2,1-4H3,(H,27,28)(H,29,32)(H,30,34)(H,31,33)(H,35,36). The summed E-state index contributed by atoms with van der Waals surface area (Å²) in [6.45, 7) is 6.94. The van der Waals surface area contributed by atoms with Crippen molar-refractivity contribution in [3.8, 4) is 0 Å². The van der Waals surface area contributed by atoms with E-state index in [9.17, 15) is 24.3 Å². The summed E-state index contributed by atoms with van der Waals surface area (Å²) in [7, 11) is 0. The van der Waals surface area contributed by atoms with E-state index in [2.05, 4.69) is 25.9 Å². The van der Waals surface area contributed by atoms with Crippen molar-refractivity contribution in [3.05, 3.63) is 54.1 Å². The maximum atomic E-state index is 13.4. The molecule has 0 aliphatic carbocycles. The van der Waals surface area contributed by atoms with Crippen LogP contribution >= 0.6 is 0 Å². The number of benzene rings is 1. The molecular formula is C25H36N6O5. The van der Waals surface area contributed by atoms with Crippen molar-refractivity contribution in [1.29, 1.82) is 0 Å². The van der Waals surface area contributed by atoms with Crippen LogP contribution in [0.25, 0.3) is 0 Å². The number of H-pyrrole nitrogens is 1. The number of nitrogens with two attached hydrogens (primary N) is 1. The zero-order chi connectivity index (χ0) is 26.8. The molecule has 2 rings (SSSR count). The molecule has 0 aliphatic heterocycles. The number of carbonyl (C=O) groups is 4. The summed E-state index contributed by atoms with van der Waals surface area (Å²) >= 11 is 0. The third-order valence-corrected chi connectivity index (χ3v) is 5.78. The van der Waals surface area contributed by atoms with Crippen LogP contribution in [0, 0.1) is 11.8 Å². The van der Waals surface area contributed by atoms with E-state index < -0.39 is 47.9 Å². The zero-order valence-corrected chi connectivity index (χ0v) is 21.0. The Labute approximate surface area is 210 Å². The summed E-state index contributed by atoms with van der Waals surface area (Å²) in [5, 5.41) is 17.4. The molecule has 1 aromatic heterocycles. The lowest BCUT2D eigenvalue weighted by Gasteiger charge is -2.26. The fourth-order valence-electron chi connectivity index (χ4n) is 3.50. The third-order valence-electron chi connectivity index (χ3n) is 5.78. The summed E-state index contributed by atoms with van der Waals surface area (Å²) in [5.74, 6) is -3.45. The number of hydrogen-bond acceptors (Lipinski definition) is 6. The molecule has 1 aromatic carbocycles. The summed E-state index contributed by atoms with van der Waals surface area (Å²) in [4.78, 5) is 57.6. The van der Waals surface area contributed by atoms with Crippen molar-refractivity contribution in [2.45, 2.75) is 64.7 Å². The Bertz CT molecular complexity index is 1010. The summed E-state index contributed by atoms with van der Waals surface area (Å²) in [6, 6.07) is 5.04. The van der Waals surface area contributed by atoms with Gasteiger partial charge >= 0.3 is 5.97 Å². The Morgan fingerprint density at radius 3 is 2.00 bits per heavy atom. The van der Waals surface area contributed by atoms with E-state index in [4.69, 9.17) is 5.73 Å². The monoisotopic (exact) mass is 500 g/mol. The highest BCUT2D eigenvalue weighted by Gasteiger charge is 2.32. The Morgan fingerprint density at radius 2 is 1.47 bits per heavy atom. The predicted molar refractivity (Wildman–Crippen MR) is 134 cm³/mol. The van der Waals surface area contributed by atoms with Crippen LogP contribution in [0.5, 0.6) is 0 Å². The normalized spacial score (nSPS) is 14.5. The molecule has 11 nitrogen and oxygen atoms in total. The van der Waals surface area contributed by atoms with Gasteiger partial charge in [0.25, 0.3) is 0 Å². The van der Waals surface area contributed by atoms with Gasteiger partial charge in [0.2, 0.25) is 17.7 Å². The quantitative estimate of drug-likeness (QED) is 0.230. The number of carboxylic acid groups (broad SMARTS) is 1. The molecule has 0 aliphatic rings. The van der Waals surface area contributed by atoms with Gasteiger partial charge in [0.15, 0.2) is 0 Å². The van der Waals surface area contributed by atoms with Crippen molar-refractivity contribution < 1.29 is 24.3 Å². The van der Waals surface area contributed by atoms with E-state index in [0.29, 0.717) is 5.69 Å². The number of nitrogens with zero attached hydrogens (tertiary/aromatic N) is 1. The molecule has 0 bridgehead atoms. The highest BCUT2D eigenvalue weighted by molar-refractivity contribution is 5.94. The molecule has 3 amide bonds. The van der Waals surface area contributed by atoms with Crippen molar-refractivity contribution in [1.82, 2.24) is 25.9 Å². The van der Waals surface area contributed by atoms with Crippen molar-refractivity contribution in [2.24, 2.45) is 17.6 Å². The van der Waals surface area contributed by atoms with Gasteiger partial charge in [0.1, 0.15) is 18.1 Å². The zero-order valence-electron chi connectivity index (χ0n) is 21.0. The first kappa shape index (κ1) is 28.5. The lowest BCUT2D eigenvalue weighted by molar-refractivity contribution is -0.143. The molecular weight excluding hydrogens is 464 g/mol. The molecule has 36 heavy (non-hydrogen) atoms. The minimum atomic E-state index is -1.18. The topological polar surface area (TPSA) is 179 Å². The molecule has 196 valence electrons. The van der Waals surface area contributed by atoms with Gasteiger partial charge in [-0.15, -0.1) is 0 Å². The first-order valence-corrected chi connectivity index (χ1v) is 11.9. The second kappa shape index (κ2) is 13.4. The number of carbonyl (C=O) groups excluding carboxylic acids is 3. The van der Waals surface area contributed by atoms with Crippen molar-refractivity contribution in [2.75, 3.05) is 0 Å². The van der Waals surface area contributed by atoms with Crippen LogP contribution < -0.4 is 21.7 Å². The predicted octanol–water partition coefficient (Wildman–Crippen LogP) is 0.373. The molecule has 0 saturated heterocycles. The fourth-order valence-corrected chi connectivity index (χ4v) is 3.50. The second-order valence-corrected chi connectivity index (χ2v) is 9.43. The lowest BCUT2D eigenvalue weighted by Crippen LogP contribution is -2.59. The largest absolute Gasteiger partial charge is 0.480 e. The average molecular weight is 501 g/mol. The van der Waals surface area contributed by atoms with Gasteiger partial charge in [-0.25, -0.2) is 9.78 Å². The first-order chi connectivity index (χ1) is 17.0. The van der Waals surface area contributed by atoms with E-state index in [1.807, 2.05) is 30.3 Å². The Kier molecular flexibility index (Phi) is 10.6. The highest BCUT2D eigenvalue weighted by Crippen LogP contribution is 2.08. The van der Waals surface area contributed by atoms with E-state index >= 15 is 0 Å². The molecule has 4 atom stereocenters. The molecule has 0 radical (unpaired) electrons. The van der Waals surface area contributed by atoms with E-state index in [1.54, 1.807) is 27.7 Å². The number of rotatable bonds is 13. The number of amides is 3. The van der Waals surface area contributed by atoms with Crippen LogP contribution in [0.4, 0.5) is 0 Å². The molecule has 11 heteroatoms. The number of imidazole rings is 1. The first-order valence-electron chi connectivity index (χ1n) is 11.9. The van der Waals surface area contributed by atoms with Crippen molar-refractivity contribution >= 4 is 23.7 Å². The number of nitrogens with one attached hydrogen (secondary N) is 4. The highest BCUT2D eigenvalue weighted by atomic mass is 16.4. The maximum absolute atomic E-state index is 13.4. The van der Waals surface area contributed by atoms with Gasteiger partial charge in [0, 0.05) is 24.7 Å². The average Bonchev–Trinajstić information content (AvgIpc) is 3.34. The van der Waals surface area contributed by atoms with E-state index in [-0.39, 0.29) is 24.7 Å². The van der Waals surface area contributed by atoms with Crippen LogP contribution in [0.3, 0.4) is 0 Å². The molecule has 0 fully saturated rings. The molecule has 2 aromatic rings. The van der Waals surface area contributed by atoms with Crippen molar-refractivity contribution in [3.63, 3.8) is 0 Å². The number of aromatic amines is 1. The Hall–Kier alpha value is -3.73. The number of hydrogen-bond donors (Lipinski definition) is 6. The number of aromatic nitrogens is 2. The summed E-state index contributed by atoms with van der Waals surface area (Å²) in [5.41, 5.74) is 7.35. The maximum Gasteiger partial charge on any atom is 0.326 e. The number of aliphatic carboxylic acids is 1. The van der Waals surface area contributed by atoms with Gasteiger partial charge in [0.05, 0.1) is 12.4 Å². The minimum Gasteiger partial charge on any atom is -0.480 e. The third kappa shape index (κ3) is 8.49. The summed E-state index contributed by atoms with van der Waals surface area (Å²) < 4.78 is 0. The van der Waals surface area contributed by atoms with E-state index in [1.165, 1.54) is 12.5 Å². The molecule has 4 unspecified atom stereocenters. The molecule has 1 heterocycles. The Balaban J connectivity index is 2.28. The van der Waals surface area contributed by atoms with Gasteiger partial charge < -0.3 is 31.8 Å². The molecule has 7 N–H and O–H groups in total. The van der Waals surface area contributed by atoms with E-state index in [0.717, 1.165) is 5.56 Å². The van der Waals surface area contributed by atoms with Crippen LogP contribution in [0.1, 0.15) is 39.0 Å². The summed E-state index contributed by atoms with van der Waals surface area (Å²) in [6.07, 6.45) is 3.16. The molecule has 0 saturated carbocycles. The van der Waals surface area contributed by atoms with Gasteiger partial charge in [-0.2, -0.15) is 0 Å². The van der Waals surface area contributed by atoms with Crippen LogP contribution in [0.15, 0.2) is 42.9 Å². The second-order valence-electron chi connectivity index (χ2n) is 9.43. The SMILES string of the molecule is CC(C)C(N)C(=O)NC(Cc1ccccc1)C(=O)NC(Cc1cnc[nH]1)C(=O)NC(C(=O)O)C(C)C. The van der Waals surface area contributed by atoms with Crippen LogP contribution in [-0.4, -0.2) is 62.9 Å². The smallest absolute Gasteiger partial charge is 0.326 e.